The first-order valence-electron chi connectivity index (χ1n) is 6.75. The van der Waals surface area contributed by atoms with E-state index in [1.807, 2.05) is 0 Å². The van der Waals surface area contributed by atoms with Crippen LogP contribution in [0.2, 0.25) is 0 Å². The summed E-state index contributed by atoms with van der Waals surface area (Å²) in [5, 5.41) is 9.09. The number of aliphatic hydroxyl groups is 1. The van der Waals surface area contributed by atoms with Crippen LogP contribution in [0.4, 0.5) is 10.1 Å². The molecule has 1 heterocycles. The quantitative estimate of drug-likeness (QED) is 0.783. The predicted molar refractivity (Wildman–Crippen MR) is 81.7 cm³/mol. The topological polar surface area (TPSA) is 83.6 Å². The largest absolute Gasteiger partial charge is 0.398 e. The fourth-order valence-electron chi connectivity index (χ4n) is 2.60. The van der Waals surface area contributed by atoms with Crippen LogP contribution in [0, 0.1) is 5.82 Å². The lowest BCUT2D eigenvalue weighted by atomic mass is 10.0. The second-order valence-corrected chi connectivity index (χ2v) is 7.80. The second kappa shape index (κ2) is 6.60. The van der Waals surface area contributed by atoms with E-state index >= 15 is 0 Å². The highest BCUT2D eigenvalue weighted by Crippen LogP contribution is 2.31. The minimum Gasteiger partial charge on any atom is -0.398 e. The van der Waals surface area contributed by atoms with Crippen LogP contribution in [0.1, 0.15) is 25.7 Å². The fraction of sp³-hybridized carbons (Fsp3) is 0.538. The van der Waals surface area contributed by atoms with Crippen LogP contribution in [0.3, 0.4) is 0 Å². The molecule has 0 amide bonds. The number of nitrogens with two attached hydrogens (primary N) is 1. The lowest BCUT2D eigenvalue weighted by Gasteiger charge is -2.34. The molecule has 1 aromatic carbocycles. The lowest BCUT2D eigenvalue weighted by Crippen LogP contribution is -2.44. The lowest BCUT2D eigenvalue weighted by molar-refractivity contribution is 0.192. The van der Waals surface area contributed by atoms with E-state index in [0.29, 0.717) is 23.9 Å². The average molecular weight is 381 g/mol. The SMILES string of the molecule is Nc1cc(S(=O)(=O)N2CCCCC2CCO)c(F)cc1Br. The van der Waals surface area contributed by atoms with Gasteiger partial charge in [0.05, 0.1) is 0 Å². The molecular weight excluding hydrogens is 363 g/mol. The van der Waals surface area contributed by atoms with Crippen molar-refractivity contribution in [2.45, 2.75) is 36.6 Å². The zero-order chi connectivity index (χ0) is 15.6. The molecule has 1 aromatic rings. The Morgan fingerprint density at radius 3 is 2.81 bits per heavy atom. The van der Waals surface area contributed by atoms with Crippen molar-refractivity contribution in [2.24, 2.45) is 0 Å². The number of anilines is 1. The number of piperidine rings is 1. The van der Waals surface area contributed by atoms with Gasteiger partial charge in [0.25, 0.3) is 0 Å². The maximum atomic E-state index is 14.1. The Bertz CT molecular complexity index is 622. The molecule has 1 aliphatic rings. The van der Waals surface area contributed by atoms with Gasteiger partial charge in [-0.2, -0.15) is 4.31 Å². The van der Waals surface area contributed by atoms with E-state index in [0.717, 1.165) is 25.0 Å². The van der Waals surface area contributed by atoms with Crippen molar-refractivity contribution >= 4 is 31.6 Å². The van der Waals surface area contributed by atoms with Gasteiger partial charge >= 0.3 is 0 Å². The molecule has 0 radical (unpaired) electrons. The maximum absolute atomic E-state index is 14.1. The van der Waals surface area contributed by atoms with E-state index in [1.54, 1.807) is 0 Å². The molecule has 1 unspecified atom stereocenters. The van der Waals surface area contributed by atoms with E-state index in [2.05, 4.69) is 15.9 Å². The third kappa shape index (κ3) is 3.39. The van der Waals surface area contributed by atoms with Crippen molar-refractivity contribution in [3.05, 3.63) is 22.4 Å². The minimum atomic E-state index is -3.96. The molecule has 1 saturated heterocycles. The van der Waals surface area contributed by atoms with Gasteiger partial charge in [-0.25, -0.2) is 12.8 Å². The van der Waals surface area contributed by atoms with Gasteiger partial charge in [-0.15, -0.1) is 0 Å². The highest BCUT2D eigenvalue weighted by atomic mass is 79.9. The Balaban J connectivity index is 2.43. The van der Waals surface area contributed by atoms with Crippen molar-refractivity contribution in [3.8, 4) is 0 Å². The van der Waals surface area contributed by atoms with Crippen LogP contribution in [-0.2, 0) is 10.0 Å². The zero-order valence-corrected chi connectivity index (χ0v) is 13.8. The Labute approximate surface area is 132 Å². The standard InChI is InChI=1S/C13H18BrFN2O3S/c14-10-7-11(15)13(8-12(10)16)21(19,20)17-5-2-1-3-9(17)4-6-18/h7-9,18H,1-6,16H2. The molecule has 21 heavy (non-hydrogen) atoms. The van der Waals surface area contributed by atoms with Crippen LogP contribution in [0.25, 0.3) is 0 Å². The van der Waals surface area contributed by atoms with E-state index in [1.165, 1.54) is 4.31 Å². The summed E-state index contributed by atoms with van der Waals surface area (Å²) in [6.07, 6.45) is 2.66. The normalized spacial score (nSPS) is 20.6. The predicted octanol–water partition coefficient (Wildman–Crippen LogP) is 2.10. The van der Waals surface area contributed by atoms with E-state index in [4.69, 9.17) is 10.8 Å². The van der Waals surface area contributed by atoms with Crippen molar-refractivity contribution in [1.29, 1.82) is 0 Å². The van der Waals surface area contributed by atoms with Crippen molar-refractivity contribution < 1.29 is 17.9 Å². The Morgan fingerprint density at radius 2 is 2.14 bits per heavy atom. The highest BCUT2D eigenvalue weighted by Gasteiger charge is 2.35. The molecule has 0 aromatic heterocycles. The van der Waals surface area contributed by atoms with Crippen LogP contribution >= 0.6 is 15.9 Å². The molecule has 0 bridgehead atoms. The summed E-state index contributed by atoms with van der Waals surface area (Å²) in [6, 6.07) is 1.91. The summed E-state index contributed by atoms with van der Waals surface area (Å²) < 4.78 is 41.0. The number of nitrogen functional groups attached to an aromatic ring is 1. The molecule has 118 valence electrons. The summed E-state index contributed by atoms with van der Waals surface area (Å²) in [5.41, 5.74) is 5.84. The minimum absolute atomic E-state index is 0.0956. The van der Waals surface area contributed by atoms with Gasteiger partial charge in [-0.1, -0.05) is 6.42 Å². The number of halogens is 2. The molecular formula is C13H18BrFN2O3S. The number of rotatable bonds is 4. The monoisotopic (exact) mass is 380 g/mol. The van der Waals surface area contributed by atoms with E-state index in [9.17, 15) is 12.8 Å². The highest BCUT2D eigenvalue weighted by molar-refractivity contribution is 9.10. The summed E-state index contributed by atoms with van der Waals surface area (Å²) in [7, 11) is -3.96. The molecule has 1 aliphatic heterocycles. The second-order valence-electron chi connectivity index (χ2n) is 5.08. The number of benzene rings is 1. The van der Waals surface area contributed by atoms with Crippen LogP contribution < -0.4 is 5.73 Å². The van der Waals surface area contributed by atoms with Gasteiger partial charge in [-0.05, 0) is 47.3 Å². The first kappa shape index (κ1) is 16.7. The molecule has 0 saturated carbocycles. The molecule has 0 spiro atoms. The summed E-state index contributed by atoms with van der Waals surface area (Å²) >= 11 is 3.07. The molecule has 0 aliphatic carbocycles. The molecule has 1 atom stereocenters. The van der Waals surface area contributed by atoms with Gasteiger partial charge in [-0.3, -0.25) is 0 Å². The van der Waals surface area contributed by atoms with Crippen molar-refractivity contribution in [1.82, 2.24) is 4.31 Å². The van der Waals surface area contributed by atoms with Crippen LogP contribution in [0.5, 0.6) is 0 Å². The first-order chi connectivity index (χ1) is 9.87. The molecule has 8 heteroatoms. The fourth-order valence-corrected chi connectivity index (χ4v) is 4.72. The molecule has 1 fully saturated rings. The van der Waals surface area contributed by atoms with E-state index < -0.39 is 20.7 Å². The molecule has 5 nitrogen and oxygen atoms in total. The van der Waals surface area contributed by atoms with E-state index in [-0.39, 0.29) is 18.3 Å². The summed E-state index contributed by atoms with van der Waals surface area (Å²) in [5.74, 6) is -0.829. The Kier molecular flexibility index (Phi) is 5.24. The third-order valence-corrected chi connectivity index (χ3v) is 6.33. The number of hydrogen-bond donors (Lipinski definition) is 2. The Morgan fingerprint density at radius 1 is 1.43 bits per heavy atom. The number of nitrogens with zero attached hydrogens (tertiary/aromatic N) is 1. The maximum Gasteiger partial charge on any atom is 0.246 e. The van der Waals surface area contributed by atoms with Gasteiger partial charge in [0.2, 0.25) is 10.0 Å². The van der Waals surface area contributed by atoms with Gasteiger partial charge in [0, 0.05) is 29.4 Å². The Hall–Kier alpha value is -0.700. The first-order valence-corrected chi connectivity index (χ1v) is 8.98. The van der Waals surface area contributed by atoms with Gasteiger partial charge in [0.15, 0.2) is 0 Å². The van der Waals surface area contributed by atoms with Gasteiger partial charge < -0.3 is 10.8 Å². The van der Waals surface area contributed by atoms with Gasteiger partial charge in [0.1, 0.15) is 10.7 Å². The van der Waals surface area contributed by atoms with Crippen LogP contribution in [-0.4, -0.2) is 37.0 Å². The number of aliphatic hydroxyl groups excluding tert-OH is 1. The van der Waals surface area contributed by atoms with Crippen molar-refractivity contribution in [3.63, 3.8) is 0 Å². The smallest absolute Gasteiger partial charge is 0.246 e. The number of sulfonamides is 1. The summed E-state index contributed by atoms with van der Waals surface area (Å²) in [4.78, 5) is -0.409. The average Bonchev–Trinajstić information content (AvgIpc) is 2.43. The zero-order valence-electron chi connectivity index (χ0n) is 11.4. The third-order valence-electron chi connectivity index (χ3n) is 3.67. The van der Waals surface area contributed by atoms with Crippen molar-refractivity contribution in [2.75, 3.05) is 18.9 Å². The van der Waals surface area contributed by atoms with Crippen LogP contribution in [0.15, 0.2) is 21.5 Å². The molecule has 3 N–H and O–H groups in total. The number of hydrogen-bond acceptors (Lipinski definition) is 4. The molecule has 2 rings (SSSR count). The summed E-state index contributed by atoms with van der Waals surface area (Å²) in [6.45, 7) is 0.240.